The van der Waals surface area contributed by atoms with E-state index in [1.165, 1.54) is 4.90 Å². The van der Waals surface area contributed by atoms with Gasteiger partial charge in [0.05, 0.1) is 34.3 Å². The van der Waals surface area contributed by atoms with Gasteiger partial charge in [0.15, 0.2) is 12.4 Å². The molecule has 0 radical (unpaired) electrons. The fraction of sp³-hybridized carbons (Fsp3) is 0.286. The van der Waals surface area contributed by atoms with Crippen LogP contribution in [0.1, 0.15) is 52.5 Å². The molecular formula is C35H28Br2N2O5. The predicted octanol–water partition coefficient (Wildman–Crippen LogP) is 7.56. The quantitative estimate of drug-likeness (QED) is 0.111. The van der Waals surface area contributed by atoms with E-state index in [4.69, 9.17) is 9.72 Å². The van der Waals surface area contributed by atoms with Crippen LogP contribution in [0.4, 0.5) is 5.69 Å². The highest BCUT2D eigenvalue weighted by Gasteiger charge is 2.61. The molecule has 1 aliphatic heterocycles. The maximum absolute atomic E-state index is 13.5. The first-order valence-electron chi connectivity index (χ1n) is 14.8. The van der Waals surface area contributed by atoms with Crippen molar-refractivity contribution in [2.75, 3.05) is 11.5 Å². The molecule has 2 aliphatic carbocycles. The van der Waals surface area contributed by atoms with Gasteiger partial charge in [0.2, 0.25) is 11.8 Å². The molecule has 2 heterocycles. The van der Waals surface area contributed by atoms with Gasteiger partial charge >= 0.3 is 5.97 Å². The minimum absolute atomic E-state index is 0.0790. The number of aromatic nitrogens is 1. The number of esters is 1. The number of imide groups is 1. The minimum Gasteiger partial charge on any atom is -0.454 e. The molecule has 0 spiro atoms. The van der Waals surface area contributed by atoms with Crippen LogP contribution in [0.15, 0.2) is 75.7 Å². The molecule has 44 heavy (non-hydrogen) atoms. The summed E-state index contributed by atoms with van der Waals surface area (Å²) >= 11 is 6.91. The van der Waals surface area contributed by atoms with Gasteiger partial charge in [-0.3, -0.25) is 19.3 Å². The summed E-state index contributed by atoms with van der Waals surface area (Å²) in [6.45, 7) is 1.62. The third-order valence-corrected chi connectivity index (χ3v) is 10.4. The number of nitrogens with zero attached hydrogens (tertiary/aromatic N) is 2. The van der Waals surface area contributed by atoms with Gasteiger partial charge in [-0.05, 0) is 85.5 Å². The molecule has 3 fully saturated rings. The second-order valence-corrected chi connectivity index (χ2v) is 13.7. The first kappa shape index (κ1) is 29.0. The molecule has 2 amide bonds. The molecule has 2 bridgehead atoms. The molecule has 222 valence electrons. The summed E-state index contributed by atoms with van der Waals surface area (Å²) in [5.41, 5.74) is 4.17. The second-order valence-electron chi connectivity index (χ2n) is 11.8. The second kappa shape index (κ2) is 11.3. The lowest BCUT2D eigenvalue weighted by molar-refractivity contribution is -0.123. The lowest BCUT2D eigenvalue weighted by Crippen LogP contribution is -2.32. The largest absolute Gasteiger partial charge is 0.454 e. The van der Waals surface area contributed by atoms with Crippen LogP contribution in [0.5, 0.6) is 0 Å². The topological polar surface area (TPSA) is 93.6 Å². The Morgan fingerprint density at radius 3 is 2.18 bits per heavy atom. The van der Waals surface area contributed by atoms with Crippen LogP contribution < -0.4 is 4.90 Å². The van der Waals surface area contributed by atoms with Gasteiger partial charge in [0.1, 0.15) is 0 Å². The lowest BCUT2D eigenvalue weighted by Gasteiger charge is -2.19. The summed E-state index contributed by atoms with van der Waals surface area (Å²) in [5, 5.41) is 0.618. The van der Waals surface area contributed by atoms with Crippen LogP contribution in [0, 0.1) is 23.7 Å². The van der Waals surface area contributed by atoms with Gasteiger partial charge in [-0.25, -0.2) is 9.78 Å². The third kappa shape index (κ3) is 4.90. The number of halogens is 2. The van der Waals surface area contributed by atoms with Crippen molar-refractivity contribution in [2.45, 2.75) is 32.6 Å². The SMILES string of the molecule is CCc1cc(Br)cc2c(C(=O)OCC(=O)c3ccc(Br)cc3)cc(-c3ccc(N4C(=O)C5C6CCC(C6)C5C4=O)cc3)nc12. The number of pyridine rings is 1. The Morgan fingerprint density at radius 2 is 1.55 bits per heavy atom. The zero-order chi connectivity index (χ0) is 30.7. The fourth-order valence-electron chi connectivity index (χ4n) is 7.32. The average Bonchev–Trinajstić information content (AvgIpc) is 3.72. The Morgan fingerprint density at radius 1 is 0.886 bits per heavy atom. The molecule has 0 N–H and O–H groups in total. The van der Waals surface area contributed by atoms with Gasteiger partial charge in [-0.15, -0.1) is 0 Å². The zero-order valence-electron chi connectivity index (χ0n) is 23.9. The Bertz CT molecular complexity index is 1830. The van der Waals surface area contributed by atoms with Crippen LogP contribution >= 0.6 is 31.9 Å². The number of ether oxygens (including phenoxy) is 1. The van der Waals surface area contributed by atoms with E-state index in [2.05, 4.69) is 31.9 Å². The summed E-state index contributed by atoms with van der Waals surface area (Å²) in [5.74, 6) is -0.811. The minimum atomic E-state index is -0.629. The molecule has 7 rings (SSSR count). The number of hydrogen-bond acceptors (Lipinski definition) is 6. The number of Topliss-reactive ketones (excluding diaryl/α,β-unsaturated/α-hetero) is 1. The van der Waals surface area contributed by atoms with E-state index in [9.17, 15) is 19.2 Å². The van der Waals surface area contributed by atoms with Gasteiger partial charge in [-0.1, -0.05) is 63.0 Å². The van der Waals surface area contributed by atoms with E-state index in [1.807, 2.05) is 31.2 Å². The molecular weight excluding hydrogens is 688 g/mol. The molecule has 2 saturated carbocycles. The Kier molecular flexibility index (Phi) is 7.49. The van der Waals surface area contributed by atoms with E-state index in [-0.39, 0.29) is 29.4 Å². The Balaban J connectivity index is 1.20. The molecule has 4 atom stereocenters. The van der Waals surface area contributed by atoms with E-state index in [0.717, 1.165) is 39.3 Å². The van der Waals surface area contributed by atoms with E-state index in [0.29, 0.717) is 51.7 Å². The molecule has 9 heteroatoms. The number of fused-ring (bicyclic) bond motifs is 6. The highest BCUT2D eigenvalue weighted by Crippen LogP contribution is 2.56. The van der Waals surface area contributed by atoms with Crippen molar-refractivity contribution in [3.8, 4) is 11.3 Å². The zero-order valence-corrected chi connectivity index (χ0v) is 27.1. The van der Waals surface area contributed by atoms with Crippen molar-refractivity contribution in [1.82, 2.24) is 4.98 Å². The molecule has 3 aromatic carbocycles. The predicted molar refractivity (Wildman–Crippen MR) is 173 cm³/mol. The first-order valence-corrected chi connectivity index (χ1v) is 16.4. The molecule has 7 nitrogen and oxygen atoms in total. The third-order valence-electron chi connectivity index (χ3n) is 9.41. The van der Waals surface area contributed by atoms with Crippen molar-refractivity contribution in [1.29, 1.82) is 0 Å². The highest BCUT2D eigenvalue weighted by molar-refractivity contribution is 9.10. The van der Waals surface area contributed by atoms with E-state index in [1.54, 1.807) is 42.5 Å². The highest BCUT2D eigenvalue weighted by atomic mass is 79.9. The van der Waals surface area contributed by atoms with Gasteiger partial charge in [0.25, 0.3) is 0 Å². The van der Waals surface area contributed by atoms with E-state index >= 15 is 0 Å². The first-order chi connectivity index (χ1) is 21.2. The Hall–Kier alpha value is -3.69. The van der Waals surface area contributed by atoms with Gasteiger partial charge < -0.3 is 4.74 Å². The fourth-order valence-corrected chi connectivity index (χ4v) is 8.09. The van der Waals surface area contributed by atoms with Crippen molar-refractivity contribution < 1.29 is 23.9 Å². The van der Waals surface area contributed by atoms with Crippen LogP contribution in [-0.2, 0) is 20.7 Å². The number of rotatable bonds is 7. The van der Waals surface area contributed by atoms with Crippen LogP contribution in [-0.4, -0.2) is 35.2 Å². The van der Waals surface area contributed by atoms with Crippen LogP contribution in [0.25, 0.3) is 22.2 Å². The molecule has 3 aliphatic rings. The normalized spacial score (nSPS) is 22.1. The standard InChI is InChI=1S/C35H28Br2N2O5/c1-2-18-14-24(37)15-26-27(35(43)44-17-29(40)20-5-9-23(36)10-6-20)16-28(38-32(18)26)19-7-11-25(12-8-19)39-33(41)30-21-3-4-22(13-21)31(30)34(39)42/h5-12,14-16,21-22,30-31H,2-4,13,17H2,1H3. The molecule has 4 aromatic rings. The van der Waals surface area contributed by atoms with E-state index < -0.39 is 12.6 Å². The summed E-state index contributed by atoms with van der Waals surface area (Å²) in [6, 6.07) is 19.5. The smallest absolute Gasteiger partial charge is 0.339 e. The number of benzene rings is 3. The maximum Gasteiger partial charge on any atom is 0.339 e. The van der Waals surface area contributed by atoms with Crippen molar-refractivity contribution in [2.24, 2.45) is 23.7 Å². The Labute approximate surface area is 271 Å². The monoisotopic (exact) mass is 714 g/mol. The van der Waals surface area contributed by atoms with Gasteiger partial charge in [0, 0.05) is 25.5 Å². The van der Waals surface area contributed by atoms with Gasteiger partial charge in [-0.2, -0.15) is 0 Å². The number of carbonyl (C=O) groups excluding carboxylic acids is 4. The number of ketones is 1. The van der Waals surface area contributed by atoms with Crippen molar-refractivity contribution in [3.63, 3.8) is 0 Å². The summed E-state index contributed by atoms with van der Waals surface area (Å²) in [7, 11) is 0. The number of carbonyl (C=O) groups is 4. The average molecular weight is 716 g/mol. The summed E-state index contributed by atoms with van der Waals surface area (Å²) < 4.78 is 7.18. The number of hydrogen-bond donors (Lipinski definition) is 0. The molecule has 1 saturated heterocycles. The summed E-state index contributed by atoms with van der Waals surface area (Å²) in [4.78, 5) is 59.2. The summed E-state index contributed by atoms with van der Waals surface area (Å²) in [6.07, 6.45) is 3.74. The van der Waals surface area contributed by atoms with Crippen LogP contribution in [0.3, 0.4) is 0 Å². The molecule has 1 aromatic heterocycles. The van der Waals surface area contributed by atoms with Crippen molar-refractivity contribution >= 4 is 72.0 Å². The maximum atomic E-state index is 13.5. The lowest BCUT2D eigenvalue weighted by atomic mass is 9.81. The molecule has 4 unspecified atom stereocenters. The van der Waals surface area contributed by atoms with Crippen LogP contribution in [0.2, 0.25) is 0 Å². The van der Waals surface area contributed by atoms with Crippen molar-refractivity contribution in [3.05, 3.63) is 92.4 Å². The number of anilines is 1. The number of aryl methyl sites for hydroxylation is 1. The number of amides is 2.